The fourth-order valence-electron chi connectivity index (χ4n) is 1.92. The molecule has 0 aliphatic heterocycles. The molecular formula is C16H8BrFN2O. The number of para-hydroxylation sites is 1. The van der Waals surface area contributed by atoms with Crippen LogP contribution in [0.3, 0.4) is 0 Å². The maximum atomic E-state index is 13.1. The van der Waals surface area contributed by atoms with Gasteiger partial charge in [-0.1, -0.05) is 18.2 Å². The third-order valence-electron chi connectivity index (χ3n) is 2.91. The van der Waals surface area contributed by atoms with Crippen molar-refractivity contribution < 1.29 is 9.13 Å². The van der Waals surface area contributed by atoms with E-state index in [9.17, 15) is 9.65 Å². The molecule has 3 nitrogen and oxygen atoms in total. The minimum Gasteiger partial charge on any atom is -0.436 e. The van der Waals surface area contributed by atoms with Crippen molar-refractivity contribution in [2.45, 2.75) is 0 Å². The first-order valence-electron chi connectivity index (χ1n) is 6.10. The average Bonchev–Trinajstić information content (AvgIpc) is 2.49. The van der Waals surface area contributed by atoms with Crippen LogP contribution in [-0.2, 0) is 0 Å². The van der Waals surface area contributed by atoms with Gasteiger partial charge in [0.1, 0.15) is 23.2 Å². The molecule has 0 aliphatic rings. The molecule has 21 heavy (non-hydrogen) atoms. The van der Waals surface area contributed by atoms with E-state index in [2.05, 4.69) is 27.0 Å². The standard InChI is InChI=1S/C16H8BrFN2O/c17-13-8-12(18)5-6-15(13)21-16-11(9-19)7-10-3-1-2-4-14(10)20-16/h1-8H. The Bertz CT molecular complexity index is 874. The van der Waals surface area contributed by atoms with E-state index >= 15 is 0 Å². The number of rotatable bonds is 2. The summed E-state index contributed by atoms with van der Waals surface area (Å²) in [5.41, 5.74) is 1.05. The van der Waals surface area contributed by atoms with E-state index in [0.717, 1.165) is 10.9 Å². The number of ether oxygens (including phenoxy) is 1. The van der Waals surface area contributed by atoms with E-state index in [1.165, 1.54) is 18.2 Å². The Hall–Kier alpha value is -2.45. The van der Waals surface area contributed by atoms with Crippen molar-refractivity contribution in [3.05, 3.63) is 64.4 Å². The van der Waals surface area contributed by atoms with E-state index in [1.54, 1.807) is 6.07 Å². The molecule has 3 aromatic rings. The number of nitriles is 1. The van der Waals surface area contributed by atoms with E-state index in [1.807, 2.05) is 24.3 Å². The predicted octanol–water partition coefficient (Wildman–Crippen LogP) is 4.80. The molecule has 0 atom stereocenters. The van der Waals surface area contributed by atoms with E-state index in [4.69, 9.17) is 4.74 Å². The van der Waals surface area contributed by atoms with Gasteiger partial charge in [-0.25, -0.2) is 9.37 Å². The van der Waals surface area contributed by atoms with Gasteiger partial charge in [-0.2, -0.15) is 5.26 Å². The summed E-state index contributed by atoms with van der Waals surface area (Å²) in [5.74, 6) is 0.223. The minimum atomic E-state index is -0.374. The first-order valence-corrected chi connectivity index (χ1v) is 6.89. The Labute approximate surface area is 128 Å². The lowest BCUT2D eigenvalue weighted by molar-refractivity contribution is 0.458. The average molecular weight is 343 g/mol. The third-order valence-corrected chi connectivity index (χ3v) is 3.53. The molecule has 0 radical (unpaired) electrons. The fourth-order valence-corrected chi connectivity index (χ4v) is 2.35. The Kier molecular flexibility index (Phi) is 3.55. The summed E-state index contributed by atoms with van der Waals surface area (Å²) < 4.78 is 19.2. The maximum Gasteiger partial charge on any atom is 0.237 e. The zero-order valence-corrected chi connectivity index (χ0v) is 12.3. The normalized spacial score (nSPS) is 10.3. The van der Waals surface area contributed by atoms with Gasteiger partial charge in [0.2, 0.25) is 5.88 Å². The third kappa shape index (κ3) is 2.71. The Morgan fingerprint density at radius 3 is 2.71 bits per heavy atom. The van der Waals surface area contributed by atoms with Crippen LogP contribution in [0.15, 0.2) is 53.0 Å². The van der Waals surface area contributed by atoms with E-state index in [-0.39, 0.29) is 11.7 Å². The number of pyridine rings is 1. The van der Waals surface area contributed by atoms with Gasteiger partial charge in [-0.3, -0.25) is 0 Å². The van der Waals surface area contributed by atoms with Gasteiger partial charge in [0.25, 0.3) is 0 Å². The largest absolute Gasteiger partial charge is 0.436 e. The first kappa shape index (κ1) is 13.5. The molecule has 1 aromatic heterocycles. The van der Waals surface area contributed by atoms with E-state index < -0.39 is 0 Å². The van der Waals surface area contributed by atoms with Crippen LogP contribution in [0, 0.1) is 17.1 Å². The van der Waals surface area contributed by atoms with Crippen LogP contribution >= 0.6 is 15.9 Å². The summed E-state index contributed by atoms with van der Waals surface area (Å²) in [6.45, 7) is 0. The Morgan fingerprint density at radius 1 is 1.14 bits per heavy atom. The first-order chi connectivity index (χ1) is 10.2. The molecule has 0 spiro atoms. The smallest absolute Gasteiger partial charge is 0.237 e. The van der Waals surface area contributed by atoms with Gasteiger partial charge in [0.15, 0.2) is 0 Å². The number of fused-ring (bicyclic) bond motifs is 1. The zero-order chi connectivity index (χ0) is 14.8. The minimum absolute atomic E-state index is 0.198. The molecule has 5 heteroatoms. The molecule has 0 fully saturated rings. The number of benzene rings is 2. The summed E-state index contributed by atoms with van der Waals surface area (Å²) in [7, 11) is 0. The molecule has 0 N–H and O–H groups in total. The monoisotopic (exact) mass is 342 g/mol. The Balaban J connectivity index is 2.09. The Morgan fingerprint density at radius 2 is 1.95 bits per heavy atom. The summed E-state index contributed by atoms with van der Waals surface area (Å²) in [5, 5.41) is 10.1. The van der Waals surface area contributed by atoms with Crippen molar-refractivity contribution in [3.8, 4) is 17.7 Å². The van der Waals surface area contributed by atoms with Crippen LogP contribution in [0.4, 0.5) is 4.39 Å². The molecule has 0 unspecified atom stereocenters. The zero-order valence-electron chi connectivity index (χ0n) is 10.7. The van der Waals surface area contributed by atoms with Crippen molar-refractivity contribution in [3.63, 3.8) is 0 Å². The maximum absolute atomic E-state index is 13.1. The van der Waals surface area contributed by atoms with Crippen LogP contribution in [0.5, 0.6) is 11.6 Å². The van der Waals surface area contributed by atoms with Crippen LogP contribution in [0.2, 0.25) is 0 Å². The molecule has 0 saturated heterocycles. The van der Waals surface area contributed by atoms with Gasteiger partial charge < -0.3 is 4.74 Å². The van der Waals surface area contributed by atoms with Crippen LogP contribution < -0.4 is 4.74 Å². The molecule has 0 aliphatic carbocycles. The number of hydrogen-bond acceptors (Lipinski definition) is 3. The lowest BCUT2D eigenvalue weighted by Gasteiger charge is -2.09. The predicted molar refractivity (Wildman–Crippen MR) is 80.6 cm³/mol. The molecule has 102 valence electrons. The number of nitrogens with zero attached hydrogens (tertiary/aromatic N) is 2. The molecule has 0 bridgehead atoms. The second-order valence-corrected chi connectivity index (χ2v) is 5.18. The van der Waals surface area contributed by atoms with Crippen molar-refractivity contribution in [1.29, 1.82) is 5.26 Å². The lowest BCUT2D eigenvalue weighted by atomic mass is 10.1. The summed E-state index contributed by atoms with van der Waals surface area (Å²) >= 11 is 3.23. The lowest BCUT2D eigenvalue weighted by Crippen LogP contribution is -1.94. The molecule has 3 rings (SSSR count). The van der Waals surface area contributed by atoms with Crippen molar-refractivity contribution >= 4 is 26.8 Å². The van der Waals surface area contributed by atoms with E-state index in [0.29, 0.717) is 15.8 Å². The molecular weight excluding hydrogens is 335 g/mol. The van der Waals surface area contributed by atoms with Crippen molar-refractivity contribution in [1.82, 2.24) is 4.98 Å². The second kappa shape index (κ2) is 5.51. The fraction of sp³-hybridized carbons (Fsp3) is 0. The molecule has 0 saturated carbocycles. The number of halogens is 2. The van der Waals surface area contributed by atoms with Crippen LogP contribution in [-0.4, -0.2) is 4.98 Å². The summed E-state index contributed by atoms with van der Waals surface area (Å²) in [4.78, 5) is 4.35. The van der Waals surface area contributed by atoms with Crippen molar-refractivity contribution in [2.75, 3.05) is 0 Å². The highest BCUT2D eigenvalue weighted by Gasteiger charge is 2.11. The molecule has 0 amide bonds. The van der Waals surface area contributed by atoms with Crippen LogP contribution in [0.25, 0.3) is 10.9 Å². The molecule has 1 heterocycles. The highest BCUT2D eigenvalue weighted by molar-refractivity contribution is 9.10. The number of aromatic nitrogens is 1. The highest BCUT2D eigenvalue weighted by Crippen LogP contribution is 2.32. The van der Waals surface area contributed by atoms with Gasteiger partial charge in [-0.05, 0) is 46.3 Å². The van der Waals surface area contributed by atoms with Gasteiger partial charge in [0.05, 0.1) is 9.99 Å². The summed E-state index contributed by atoms with van der Waals surface area (Å²) in [6.07, 6.45) is 0. The molecule has 2 aromatic carbocycles. The quantitative estimate of drug-likeness (QED) is 0.671. The van der Waals surface area contributed by atoms with Crippen LogP contribution in [0.1, 0.15) is 5.56 Å². The second-order valence-electron chi connectivity index (χ2n) is 4.32. The van der Waals surface area contributed by atoms with Gasteiger partial charge >= 0.3 is 0 Å². The summed E-state index contributed by atoms with van der Waals surface area (Å²) in [6, 6.07) is 15.3. The van der Waals surface area contributed by atoms with Gasteiger partial charge in [0, 0.05) is 5.39 Å². The highest BCUT2D eigenvalue weighted by atomic mass is 79.9. The number of hydrogen-bond donors (Lipinski definition) is 0. The van der Waals surface area contributed by atoms with Gasteiger partial charge in [-0.15, -0.1) is 0 Å². The van der Waals surface area contributed by atoms with Crippen molar-refractivity contribution in [2.24, 2.45) is 0 Å². The SMILES string of the molecule is N#Cc1cc2ccccc2nc1Oc1ccc(F)cc1Br. The topological polar surface area (TPSA) is 45.9 Å².